The van der Waals surface area contributed by atoms with Crippen LogP contribution >= 0.6 is 61.9 Å². The Bertz CT molecular complexity index is 3750. The molecule has 24 heteroatoms. The number of anilines is 5. The normalized spacial score (nSPS) is 22.0. The number of ether oxygens (including phenoxy) is 1. The zero-order valence-corrected chi connectivity index (χ0v) is 69.3. The third kappa shape index (κ3) is 19.2. The maximum atomic E-state index is 13.2. The number of carbonyl (C=O) groups excluding carboxylic acids is 6. The van der Waals surface area contributed by atoms with E-state index in [1.54, 1.807) is 4.90 Å². The summed E-state index contributed by atoms with van der Waals surface area (Å²) in [5, 5.41) is 6.09. The first-order chi connectivity index (χ1) is 48.0. The Hall–Kier alpha value is -4.81. The van der Waals surface area contributed by atoms with Gasteiger partial charge in [0.05, 0.1) is 35.7 Å². The summed E-state index contributed by atoms with van der Waals surface area (Å²) in [6.07, 6.45) is 13.3. The monoisotopic (exact) mass is 1730 g/mol. The molecule has 2 bridgehead atoms. The molecule has 556 valence electrons. The van der Waals surface area contributed by atoms with E-state index in [4.69, 9.17) is 27.9 Å². The molecule has 5 fully saturated rings. The number of nitrogens with zero attached hydrogens (tertiary/aromatic N) is 7. The molecule has 1 aliphatic carbocycles. The van der Waals surface area contributed by atoms with Crippen LogP contribution in [-0.4, -0.2) is 163 Å². The van der Waals surface area contributed by atoms with Crippen LogP contribution in [0.5, 0.6) is 0 Å². The van der Waals surface area contributed by atoms with Gasteiger partial charge in [0.25, 0.3) is 0 Å². The van der Waals surface area contributed by atoms with E-state index in [-0.39, 0.29) is 114 Å². The van der Waals surface area contributed by atoms with E-state index < -0.39 is 0 Å². The quantitative estimate of drug-likeness (QED) is 0.0635. The number of alkyl halides is 3. The number of nitrogens with one attached hydrogen (secondary N) is 2. The number of carbonyl (C=O) groups is 6. The summed E-state index contributed by atoms with van der Waals surface area (Å²) in [5.41, 5.74) is 11.7. The first-order valence-corrected chi connectivity index (χ1v) is 39.1. The number of likely N-dealkylation sites (N-methyl/N-ethyl adjacent to an activating group) is 4. The third-order valence-electron chi connectivity index (χ3n) is 22.1. The van der Waals surface area contributed by atoms with E-state index in [1.807, 2.05) is 157 Å². The van der Waals surface area contributed by atoms with Gasteiger partial charge in [0.1, 0.15) is 0 Å². The average molecular weight is 1730 g/mol. The Morgan fingerprint density at radius 1 is 0.563 bits per heavy atom. The second-order valence-electron chi connectivity index (χ2n) is 27.4. The van der Waals surface area contributed by atoms with Crippen LogP contribution in [0.2, 0.25) is 0 Å². The summed E-state index contributed by atoms with van der Waals surface area (Å²) in [6, 6.07) is 51.4. The number of para-hydroxylation sites is 5. The van der Waals surface area contributed by atoms with Crippen molar-refractivity contribution >= 4 is 126 Å². The van der Waals surface area contributed by atoms with Crippen LogP contribution in [0.3, 0.4) is 0 Å². The topological polar surface area (TPSA) is 221 Å². The molecule has 103 heavy (non-hydrogen) atoms. The molecule has 1 saturated carbocycles. The molecule has 6 aromatic carbocycles. The van der Waals surface area contributed by atoms with Crippen molar-refractivity contribution < 1.29 is 95.9 Å². The van der Waals surface area contributed by atoms with Gasteiger partial charge in [-0.25, -0.2) is 8.72 Å². The van der Waals surface area contributed by atoms with Gasteiger partial charge in [-0.1, -0.05) is 144 Å². The Morgan fingerprint density at radius 3 is 1.46 bits per heavy atom. The summed E-state index contributed by atoms with van der Waals surface area (Å²) in [5.74, 6) is 3.78. The number of hydrogen-bond donors (Lipinski definition) is 2. The second kappa shape index (κ2) is 40.4. The molecule has 2 atom stereocenters. The maximum Gasteiger partial charge on any atom is 1.00 e. The molecule has 6 N–H and O–H groups in total. The standard InChI is InChI=1S/C24H32N2O3.C13H15BrN2O.C13H16N2O.C11H15Cl2N.C9H9NO.C8H7NO.CH3I.Na.2H2O.Pd.H/c1-3-29-23(28)26-18-8-9-19(26)15-17(14-18)16-10-12-24(13-11-16)20-6-4-5-7-21(20)25(2)22(24)27;1-15-11-5-3-2-4-10(11)13(12(15)17)6-8-16(14)9-7-13;1-15-11-5-3-2-4-10(11)13(12(15)16)6-8-14-9-7-13;12-6-8-14(9-7-13)10-11-4-2-1-3-5-11;1-10-8-5-3-2-4-7(8)6-9(10)11;10-8-5-6-3-1-2-4-7(6)9-8;1-2;;;;;/h4-7,16-19H,3,8-15H2,1-2H3;2-5H,6-9H2,1H3;2-5,14H,6-9H2,1H3;1-5H,6-10H2;2-5H,6H2,1H3;1-4H,5H2,(H,9,10);1H3;;2*1H2;;/q;;;;;;;+1;;;;-1. The van der Waals surface area contributed by atoms with Gasteiger partial charge in [0.2, 0.25) is 29.5 Å². The van der Waals surface area contributed by atoms with Gasteiger partial charge in [-0.05, 0) is 178 Å². The summed E-state index contributed by atoms with van der Waals surface area (Å²) in [6.45, 7) is 8.77. The molecule has 2 unspecified atom stereocenters. The number of piperidine rings is 3. The van der Waals surface area contributed by atoms with Gasteiger partial charge in [-0.15, -0.1) is 23.2 Å². The zero-order valence-electron chi connectivity index (χ0n) is 61.5. The summed E-state index contributed by atoms with van der Waals surface area (Å²) in [4.78, 5) is 85.9. The molecular formula is C79H102BrCl2IN9NaO9Pd. The van der Waals surface area contributed by atoms with E-state index in [2.05, 4.69) is 113 Å². The van der Waals surface area contributed by atoms with Crippen molar-refractivity contribution in [3.8, 4) is 0 Å². The van der Waals surface area contributed by atoms with Gasteiger partial charge in [-0.2, -0.15) is 0 Å². The van der Waals surface area contributed by atoms with Crippen molar-refractivity contribution in [3.63, 3.8) is 0 Å². The van der Waals surface area contributed by atoms with E-state index in [1.165, 1.54) is 22.3 Å². The molecule has 0 radical (unpaired) electrons. The predicted molar refractivity (Wildman–Crippen MR) is 421 cm³/mol. The molecule has 4 saturated heterocycles. The average Bonchev–Trinajstić information content (AvgIpc) is 1.59. The fourth-order valence-corrected chi connectivity index (χ4v) is 17.8. The molecule has 9 aliphatic heterocycles. The van der Waals surface area contributed by atoms with Crippen LogP contribution in [0, 0.1) is 11.8 Å². The minimum Gasteiger partial charge on any atom is -1.00 e. The summed E-state index contributed by atoms with van der Waals surface area (Å²) in [7, 11) is 7.51. The molecule has 10 aliphatic rings. The Balaban J connectivity index is 0.000000229. The van der Waals surface area contributed by atoms with Crippen molar-refractivity contribution in [2.24, 2.45) is 11.8 Å². The first kappa shape index (κ1) is 87.1. The number of hydrogen-bond acceptors (Lipinski definition) is 10. The number of fused-ring (bicyclic) bond motifs is 10. The second-order valence-corrected chi connectivity index (χ2v) is 29.1. The smallest absolute Gasteiger partial charge is 1.00 e. The third-order valence-corrected chi connectivity index (χ3v) is 23.1. The molecule has 0 aromatic heterocycles. The number of benzene rings is 6. The summed E-state index contributed by atoms with van der Waals surface area (Å²) >= 11 is 17.1. The largest absolute Gasteiger partial charge is 1.00 e. The molecular weight excluding hydrogens is 1630 g/mol. The summed E-state index contributed by atoms with van der Waals surface area (Å²) < 4.78 is 7.42. The van der Waals surface area contributed by atoms with Crippen LogP contribution in [0.25, 0.3) is 0 Å². The molecule has 16 rings (SSSR count). The van der Waals surface area contributed by atoms with Crippen molar-refractivity contribution in [1.82, 2.24) is 19.0 Å². The molecule has 9 heterocycles. The first-order valence-electron chi connectivity index (χ1n) is 35.1. The Morgan fingerprint density at radius 2 is 0.990 bits per heavy atom. The minimum atomic E-state index is -0.299. The fourth-order valence-electron chi connectivity index (χ4n) is 16.9. The number of amides is 6. The predicted octanol–water partition coefficient (Wildman–Crippen LogP) is 9.95. The Labute approximate surface area is 678 Å². The van der Waals surface area contributed by atoms with E-state index in [9.17, 15) is 28.8 Å². The van der Waals surface area contributed by atoms with Gasteiger partial charge < -0.3 is 52.2 Å². The van der Waals surface area contributed by atoms with E-state index in [0.29, 0.717) is 55.1 Å². The number of rotatable bonds is 8. The molecule has 6 amide bonds. The maximum absolute atomic E-state index is 13.2. The van der Waals surface area contributed by atoms with Crippen molar-refractivity contribution in [2.45, 2.75) is 132 Å². The van der Waals surface area contributed by atoms with E-state index >= 15 is 0 Å². The van der Waals surface area contributed by atoms with Gasteiger partial charge in [-0.3, -0.25) is 28.9 Å². The van der Waals surface area contributed by atoms with Crippen LogP contribution in [-0.2, 0) is 84.8 Å². The van der Waals surface area contributed by atoms with Crippen LogP contribution in [0.1, 0.15) is 119 Å². The molecule has 18 nitrogen and oxygen atoms in total. The van der Waals surface area contributed by atoms with Crippen LogP contribution < -0.4 is 59.8 Å². The van der Waals surface area contributed by atoms with Crippen LogP contribution in [0.4, 0.5) is 33.2 Å². The SMILES string of the molecule is CCOC(=O)N1C2CCC1CC(C1CCC3(CC1)C(=O)N(C)c1ccccc13)C2.CI.CN1C(=O)C2(CCN(Br)CC2)c2ccccc21.CN1C(=O)C2(CCNCC2)c2ccccc21.CN1C(=O)Cc2ccccc21.ClCCN(CCCl)Cc1ccccc1.O.O.O=C1Cc2ccccc2N1.[H-].[Na+].[Pd]. The van der Waals surface area contributed by atoms with E-state index in [0.717, 1.165) is 162 Å². The fraction of sp³-hybridized carbons (Fsp3) is 0.468. The zero-order chi connectivity index (χ0) is 70.4. The minimum absolute atomic E-state index is 0. The molecule has 3 spiro atoms. The van der Waals surface area contributed by atoms with Gasteiger partial charge >= 0.3 is 35.7 Å². The van der Waals surface area contributed by atoms with Crippen LogP contribution in [0.15, 0.2) is 152 Å². The molecule has 6 aromatic rings. The van der Waals surface area contributed by atoms with Crippen molar-refractivity contribution in [1.29, 1.82) is 0 Å². The Kier molecular flexibility index (Phi) is 34.2. The van der Waals surface area contributed by atoms with Gasteiger partial charge in [0, 0.05) is 150 Å². The number of halogens is 4. The van der Waals surface area contributed by atoms with Crippen molar-refractivity contribution in [3.05, 3.63) is 185 Å². The van der Waals surface area contributed by atoms with Gasteiger partial charge in [0.15, 0.2) is 0 Å². The van der Waals surface area contributed by atoms with Crippen molar-refractivity contribution in [2.75, 3.05) is 116 Å².